The van der Waals surface area contributed by atoms with Crippen molar-refractivity contribution in [2.24, 2.45) is 0 Å². The van der Waals surface area contributed by atoms with E-state index in [1.54, 1.807) is 53.1 Å². The van der Waals surface area contributed by atoms with E-state index in [0.717, 1.165) is 0 Å². The molecule has 0 atom stereocenters. The molecular formula is C20H14N2O4. The third kappa shape index (κ3) is 2.35. The van der Waals surface area contributed by atoms with Crippen LogP contribution in [-0.2, 0) is 6.54 Å². The van der Waals surface area contributed by atoms with Crippen LogP contribution in [0.4, 0.5) is 0 Å². The van der Waals surface area contributed by atoms with Crippen LogP contribution in [0, 0.1) is 0 Å². The van der Waals surface area contributed by atoms with Crippen molar-refractivity contribution in [3.8, 4) is 0 Å². The standard InChI is InChI=1S/C20H14N2O4/c23-12-13-11-21(17-8-4-3-7-16(17)18(13)24)9-10-22-19(25)14-5-1-2-6-15(14)20(22)26/h1-8,11-12H,9-10H2. The maximum Gasteiger partial charge on any atom is 0.261 e. The number of hydrogen-bond acceptors (Lipinski definition) is 4. The van der Waals surface area contributed by atoms with E-state index >= 15 is 0 Å². The summed E-state index contributed by atoms with van der Waals surface area (Å²) in [6.45, 7) is 0.435. The lowest BCUT2D eigenvalue weighted by molar-refractivity contribution is 0.0649. The Kier molecular flexibility index (Phi) is 3.73. The van der Waals surface area contributed by atoms with Gasteiger partial charge in [0.2, 0.25) is 0 Å². The first-order valence-electron chi connectivity index (χ1n) is 8.14. The van der Waals surface area contributed by atoms with E-state index in [0.29, 0.717) is 28.3 Å². The van der Waals surface area contributed by atoms with Crippen molar-refractivity contribution < 1.29 is 14.4 Å². The van der Waals surface area contributed by atoms with Crippen molar-refractivity contribution in [1.82, 2.24) is 9.47 Å². The molecule has 26 heavy (non-hydrogen) atoms. The lowest BCUT2D eigenvalue weighted by atomic mass is 10.1. The van der Waals surface area contributed by atoms with Gasteiger partial charge in [0, 0.05) is 24.7 Å². The molecule has 1 aliphatic heterocycles. The molecule has 0 bridgehead atoms. The summed E-state index contributed by atoms with van der Waals surface area (Å²) in [5.74, 6) is -0.655. The van der Waals surface area contributed by atoms with E-state index in [4.69, 9.17) is 0 Å². The first-order chi connectivity index (χ1) is 12.6. The van der Waals surface area contributed by atoms with Gasteiger partial charge in [0.15, 0.2) is 11.7 Å². The Bertz CT molecular complexity index is 1100. The van der Waals surface area contributed by atoms with Crippen molar-refractivity contribution in [2.75, 3.05) is 6.54 Å². The number of fused-ring (bicyclic) bond motifs is 2. The quantitative estimate of drug-likeness (QED) is 0.535. The molecule has 6 heteroatoms. The van der Waals surface area contributed by atoms with Gasteiger partial charge in [-0.3, -0.25) is 24.1 Å². The summed E-state index contributed by atoms with van der Waals surface area (Å²) in [6, 6.07) is 13.7. The number of carbonyl (C=O) groups excluding carboxylic acids is 3. The maximum atomic E-state index is 12.5. The molecule has 0 unspecified atom stereocenters. The first-order valence-corrected chi connectivity index (χ1v) is 8.14. The molecule has 0 saturated heterocycles. The van der Waals surface area contributed by atoms with E-state index in [-0.39, 0.29) is 35.9 Å². The van der Waals surface area contributed by atoms with E-state index in [1.807, 2.05) is 0 Å². The second-order valence-electron chi connectivity index (χ2n) is 6.05. The van der Waals surface area contributed by atoms with Crippen LogP contribution in [0.2, 0.25) is 0 Å². The van der Waals surface area contributed by atoms with Gasteiger partial charge < -0.3 is 4.57 Å². The molecule has 2 heterocycles. The summed E-state index contributed by atoms with van der Waals surface area (Å²) >= 11 is 0. The number of amides is 2. The van der Waals surface area contributed by atoms with Crippen LogP contribution in [0.1, 0.15) is 31.1 Å². The van der Waals surface area contributed by atoms with E-state index in [1.165, 1.54) is 11.1 Å². The molecule has 3 aromatic rings. The number of imide groups is 1. The van der Waals surface area contributed by atoms with Crippen LogP contribution in [0.15, 0.2) is 59.5 Å². The Morgan fingerprint density at radius 3 is 2.08 bits per heavy atom. The molecular weight excluding hydrogens is 332 g/mol. The fourth-order valence-electron chi connectivity index (χ4n) is 3.29. The number of hydrogen-bond donors (Lipinski definition) is 0. The molecule has 1 aliphatic rings. The Balaban J connectivity index is 1.69. The lowest BCUT2D eigenvalue weighted by Gasteiger charge is -2.17. The predicted octanol–water partition coefficient (Wildman–Crippen LogP) is 2.11. The van der Waals surface area contributed by atoms with E-state index in [2.05, 4.69) is 0 Å². The monoisotopic (exact) mass is 346 g/mol. The Hall–Kier alpha value is -3.54. The highest BCUT2D eigenvalue weighted by Gasteiger charge is 2.34. The highest BCUT2D eigenvalue weighted by atomic mass is 16.2. The second kappa shape index (κ2) is 6.07. The molecule has 0 fully saturated rings. The number of pyridine rings is 1. The van der Waals surface area contributed by atoms with Crippen LogP contribution in [0.3, 0.4) is 0 Å². The summed E-state index contributed by atoms with van der Waals surface area (Å²) in [5.41, 5.74) is 1.17. The first kappa shape index (κ1) is 16.0. The lowest BCUT2D eigenvalue weighted by Crippen LogP contribution is -2.33. The van der Waals surface area contributed by atoms with Crippen molar-refractivity contribution >= 4 is 29.0 Å². The fraction of sp³-hybridized carbons (Fsp3) is 0.100. The zero-order valence-corrected chi connectivity index (χ0v) is 13.7. The van der Waals surface area contributed by atoms with Crippen molar-refractivity contribution in [2.45, 2.75) is 6.54 Å². The Morgan fingerprint density at radius 1 is 0.808 bits per heavy atom. The van der Waals surface area contributed by atoms with Gasteiger partial charge in [-0.25, -0.2) is 0 Å². The minimum Gasteiger partial charge on any atom is -0.345 e. The van der Waals surface area contributed by atoms with Gasteiger partial charge in [0.25, 0.3) is 11.8 Å². The molecule has 0 saturated carbocycles. The SMILES string of the molecule is O=Cc1cn(CCN2C(=O)c3ccccc3C2=O)c2ccccc2c1=O. The third-order valence-corrected chi connectivity index (χ3v) is 4.58. The fourth-order valence-corrected chi connectivity index (χ4v) is 3.29. The summed E-state index contributed by atoms with van der Waals surface area (Å²) in [4.78, 5) is 49.6. The van der Waals surface area contributed by atoms with Gasteiger partial charge in [-0.1, -0.05) is 24.3 Å². The summed E-state index contributed by atoms with van der Waals surface area (Å²) < 4.78 is 1.73. The molecule has 0 radical (unpaired) electrons. The number of aromatic nitrogens is 1. The molecule has 2 amide bonds. The average molecular weight is 346 g/mol. The van der Waals surface area contributed by atoms with Gasteiger partial charge in [-0.2, -0.15) is 0 Å². The summed E-state index contributed by atoms with van der Waals surface area (Å²) in [5, 5.41) is 0.430. The van der Waals surface area contributed by atoms with Crippen molar-refractivity contribution in [3.05, 3.63) is 81.6 Å². The average Bonchev–Trinajstić information content (AvgIpc) is 2.92. The zero-order chi connectivity index (χ0) is 18.3. The molecule has 0 spiro atoms. The Labute approximate surface area is 148 Å². The highest BCUT2D eigenvalue weighted by molar-refractivity contribution is 6.21. The van der Waals surface area contributed by atoms with E-state index in [9.17, 15) is 19.2 Å². The van der Waals surface area contributed by atoms with E-state index < -0.39 is 0 Å². The third-order valence-electron chi connectivity index (χ3n) is 4.58. The highest BCUT2D eigenvalue weighted by Crippen LogP contribution is 2.22. The smallest absolute Gasteiger partial charge is 0.261 e. The maximum absolute atomic E-state index is 12.5. The van der Waals surface area contributed by atoms with Crippen LogP contribution in [0.5, 0.6) is 0 Å². The molecule has 6 nitrogen and oxygen atoms in total. The molecule has 1 aromatic heterocycles. The van der Waals surface area contributed by atoms with Crippen molar-refractivity contribution in [3.63, 3.8) is 0 Å². The van der Waals surface area contributed by atoms with Gasteiger partial charge in [-0.15, -0.1) is 0 Å². The second-order valence-corrected chi connectivity index (χ2v) is 6.05. The Morgan fingerprint density at radius 2 is 1.42 bits per heavy atom. The van der Waals surface area contributed by atoms with Crippen LogP contribution in [0.25, 0.3) is 10.9 Å². The molecule has 4 rings (SSSR count). The van der Waals surface area contributed by atoms with Gasteiger partial charge in [-0.05, 0) is 24.3 Å². The van der Waals surface area contributed by atoms with Crippen molar-refractivity contribution in [1.29, 1.82) is 0 Å². The molecule has 128 valence electrons. The number of nitrogens with zero attached hydrogens (tertiary/aromatic N) is 2. The molecule has 2 aromatic carbocycles. The number of aldehydes is 1. The molecule has 0 aliphatic carbocycles. The largest absolute Gasteiger partial charge is 0.345 e. The van der Waals surface area contributed by atoms with Gasteiger partial charge in [0.1, 0.15) is 0 Å². The zero-order valence-electron chi connectivity index (χ0n) is 13.7. The minimum atomic E-state index is -0.327. The molecule has 0 N–H and O–H groups in total. The van der Waals surface area contributed by atoms with Crippen LogP contribution >= 0.6 is 0 Å². The number of benzene rings is 2. The summed E-state index contributed by atoms with van der Waals surface area (Å²) in [6.07, 6.45) is 1.99. The van der Waals surface area contributed by atoms with Gasteiger partial charge >= 0.3 is 0 Å². The number of para-hydroxylation sites is 1. The summed E-state index contributed by atoms with van der Waals surface area (Å²) in [7, 11) is 0. The minimum absolute atomic E-state index is 0.0473. The number of carbonyl (C=O) groups is 3. The predicted molar refractivity (Wildman–Crippen MR) is 95.4 cm³/mol. The normalized spacial score (nSPS) is 13.3. The van der Waals surface area contributed by atoms with Crippen LogP contribution in [-0.4, -0.2) is 34.1 Å². The van der Waals surface area contributed by atoms with Gasteiger partial charge in [0.05, 0.1) is 22.2 Å². The van der Waals surface area contributed by atoms with Crippen LogP contribution < -0.4 is 5.43 Å². The number of rotatable bonds is 4. The topological polar surface area (TPSA) is 76.5 Å².